The van der Waals surface area contributed by atoms with E-state index in [1.54, 1.807) is 32.3 Å². The number of halogens is 3. The van der Waals surface area contributed by atoms with E-state index in [1.807, 2.05) is 48.5 Å². The molecular formula is C26H25ClF2N2O2. The molecule has 0 aliphatic carbocycles. The van der Waals surface area contributed by atoms with Crippen LogP contribution in [0, 0.1) is 5.82 Å². The normalized spacial score (nSPS) is 14.0. The van der Waals surface area contributed by atoms with Gasteiger partial charge in [-0.3, -0.25) is 9.79 Å². The van der Waals surface area contributed by atoms with Crippen LogP contribution >= 0.6 is 11.6 Å². The summed E-state index contributed by atoms with van der Waals surface area (Å²) in [5.41, 5.74) is 1.50. The molecule has 7 heteroatoms. The van der Waals surface area contributed by atoms with E-state index in [1.165, 1.54) is 12.1 Å². The highest BCUT2D eigenvalue weighted by Crippen LogP contribution is 2.27. The Kier molecular flexibility index (Phi) is 8.55. The summed E-state index contributed by atoms with van der Waals surface area (Å²) in [4.78, 5) is 15.9. The first-order valence-electron chi connectivity index (χ1n) is 10.5. The van der Waals surface area contributed by atoms with Crippen molar-refractivity contribution >= 4 is 23.7 Å². The monoisotopic (exact) mass is 470 g/mol. The fraction of sp³-hybridized carbons (Fsp3) is 0.231. The largest absolute Gasteiger partial charge is 0.484 e. The van der Waals surface area contributed by atoms with E-state index in [0.29, 0.717) is 12.2 Å². The van der Waals surface area contributed by atoms with Crippen LogP contribution in [0.15, 0.2) is 77.8 Å². The highest BCUT2D eigenvalue weighted by Gasteiger charge is 2.25. The molecule has 1 N–H and O–H groups in total. The summed E-state index contributed by atoms with van der Waals surface area (Å²) in [7, 11) is 1.68. The number of ether oxygens (including phenoxy) is 1. The summed E-state index contributed by atoms with van der Waals surface area (Å²) in [6.07, 6.45) is 1.75. The van der Waals surface area contributed by atoms with E-state index >= 15 is 0 Å². The first-order chi connectivity index (χ1) is 15.9. The van der Waals surface area contributed by atoms with Crippen molar-refractivity contribution in [3.8, 4) is 5.75 Å². The lowest BCUT2D eigenvalue weighted by Gasteiger charge is -2.27. The molecular weight excluding hydrogens is 446 g/mol. The van der Waals surface area contributed by atoms with Crippen LogP contribution in [0.25, 0.3) is 0 Å². The Hall–Kier alpha value is -3.25. The van der Waals surface area contributed by atoms with Gasteiger partial charge in [0.2, 0.25) is 0 Å². The second-order valence-corrected chi connectivity index (χ2v) is 7.98. The lowest BCUT2D eigenvalue weighted by Crippen LogP contribution is -2.41. The van der Waals surface area contributed by atoms with E-state index in [9.17, 15) is 13.6 Å². The molecule has 3 atom stereocenters. The molecule has 3 aromatic carbocycles. The third kappa shape index (κ3) is 6.86. The number of alkyl halides is 2. The summed E-state index contributed by atoms with van der Waals surface area (Å²) in [6.45, 7) is 1.73. The molecule has 0 spiro atoms. The number of carbonyl (C=O) groups is 1. The van der Waals surface area contributed by atoms with E-state index in [-0.39, 0.29) is 5.82 Å². The molecule has 0 fully saturated rings. The maximum absolute atomic E-state index is 13.2. The van der Waals surface area contributed by atoms with Gasteiger partial charge in [-0.1, -0.05) is 60.1 Å². The molecule has 3 rings (SSSR count). The van der Waals surface area contributed by atoms with Crippen molar-refractivity contribution in [2.45, 2.75) is 31.1 Å². The number of nitrogens with zero attached hydrogens (tertiary/aromatic N) is 1. The summed E-state index contributed by atoms with van der Waals surface area (Å²) < 4.78 is 32.7. The van der Waals surface area contributed by atoms with Crippen LogP contribution < -0.4 is 10.1 Å². The molecule has 172 valence electrons. The maximum Gasteiger partial charge on any atom is 0.270 e. The van der Waals surface area contributed by atoms with Crippen LogP contribution in [0.1, 0.15) is 35.3 Å². The van der Waals surface area contributed by atoms with Crippen LogP contribution in [-0.4, -0.2) is 30.8 Å². The Morgan fingerprint density at radius 1 is 1.12 bits per heavy atom. The maximum atomic E-state index is 13.2. The molecule has 0 bridgehead atoms. The van der Waals surface area contributed by atoms with Crippen molar-refractivity contribution in [1.82, 2.24) is 5.32 Å². The summed E-state index contributed by atoms with van der Waals surface area (Å²) in [5, 5.41) is 2.56. The van der Waals surface area contributed by atoms with E-state index in [0.717, 1.165) is 22.3 Å². The average Bonchev–Trinajstić information content (AvgIpc) is 2.81. The molecule has 0 aromatic heterocycles. The van der Waals surface area contributed by atoms with Crippen molar-refractivity contribution in [3.63, 3.8) is 0 Å². The van der Waals surface area contributed by atoms with Crippen LogP contribution in [0.4, 0.5) is 8.78 Å². The molecule has 0 radical (unpaired) electrons. The van der Waals surface area contributed by atoms with E-state index in [2.05, 4.69) is 10.3 Å². The first-order valence-corrected chi connectivity index (χ1v) is 10.9. The fourth-order valence-corrected chi connectivity index (χ4v) is 3.56. The first kappa shape index (κ1) is 24.4. The Balaban J connectivity index is 1.87. The molecule has 0 heterocycles. The van der Waals surface area contributed by atoms with Gasteiger partial charge in [0.25, 0.3) is 11.5 Å². The molecule has 1 amide bonds. The number of hydrogen-bond donors (Lipinski definition) is 1. The highest BCUT2D eigenvalue weighted by molar-refractivity contribution is 6.29. The molecule has 0 saturated heterocycles. The quantitative estimate of drug-likeness (QED) is 0.326. The number of nitrogens with one attached hydrogen (secondary N) is 1. The second kappa shape index (κ2) is 11.6. The van der Waals surface area contributed by atoms with Gasteiger partial charge in [0, 0.05) is 13.3 Å². The van der Waals surface area contributed by atoms with Gasteiger partial charge in [-0.2, -0.15) is 0 Å². The smallest absolute Gasteiger partial charge is 0.270 e. The summed E-state index contributed by atoms with van der Waals surface area (Å²) in [6, 6.07) is 20.8. The number of benzene rings is 3. The van der Waals surface area contributed by atoms with Crippen molar-refractivity contribution in [2.75, 3.05) is 7.05 Å². The SMILES string of the molecule is CN=Cc1cc(O[C@H](c2ccccc2)[C@H](C)NC(=O)C(F)Cl)ccc1Cc1ccc(F)cc1. The van der Waals surface area contributed by atoms with Crippen LogP contribution in [-0.2, 0) is 11.2 Å². The Bertz CT molecular complexity index is 1090. The second-order valence-electron chi connectivity index (χ2n) is 7.60. The van der Waals surface area contributed by atoms with Gasteiger partial charge >= 0.3 is 0 Å². The predicted octanol–water partition coefficient (Wildman–Crippen LogP) is 5.62. The molecule has 0 saturated carbocycles. The minimum absolute atomic E-state index is 0.278. The fourth-order valence-electron chi connectivity index (χ4n) is 3.50. The number of rotatable bonds is 9. The van der Waals surface area contributed by atoms with Crippen molar-refractivity contribution in [3.05, 3.63) is 101 Å². The molecule has 33 heavy (non-hydrogen) atoms. The zero-order valence-electron chi connectivity index (χ0n) is 18.3. The van der Waals surface area contributed by atoms with Crippen molar-refractivity contribution in [1.29, 1.82) is 0 Å². The van der Waals surface area contributed by atoms with Crippen LogP contribution in [0.3, 0.4) is 0 Å². The van der Waals surface area contributed by atoms with Gasteiger partial charge < -0.3 is 10.1 Å². The molecule has 0 aliphatic heterocycles. The van der Waals surface area contributed by atoms with Crippen molar-refractivity contribution < 1.29 is 18.3 Å². The minimum atomic E-state index is -2.14. The molecule has 1 unspecified atom stereocenters. The van der Waals surface area contributed by atoms with Crippen LogP contribution in [0.5, 0.6) is 5.75 Å². The summed E-state index contributed by atoms with van der Waals surface area (Å²) >= 11 is 5.28. The zero-order chi connectivity index (χ0) is 23.8. The predicted molar refractivity (Wildman–Crippen MR) is 127 cm³/mol. The minimum Gasteiger partial charge on any atom is -0.484 e. The van der Waals surface area contributed by atoms with Gasteiger partial charge in [-0.25, -0.2) is 8.78 Å². The van der Waals surface area contributed by atoms with E-state index < -0.39 is 23.7 Å². The zero-order valence-corrected chi connectivity index (χ0v) is 19.1. The number of amides is 1. The standard InChI is InChI=1S/C26H25ClF2N2O2/c1-17(31-26(32)25(27)29)24(19-6-4-3-5-7-19)33-23-13-10-20(21(15-23)16-30-2)14-18-8-11-22(28)12-9-18/h3-13,15-17,24-25H,14H2,1-2H3,(H,31,32)/t17-,24-,25?/m0/s1. The Morgan fingerprint density at radius 2 is 1.82 bits per heavy atom. The Morgan fingerprint density at radius 3 is 2.45 bits per heavy atom. The van der Waals surface area contributed by atoms with Crippen molar-refractivity contribution in [2.24, 2.45) is 4.99 Å². The Labute approximate surface area is 197 Å². The van der Waals surface area contributed by atoms with Gasteiger partial charge in [0.1, 0.15) is 17.7 Å². The number of hydrogen-bond acceptors (Lipinski definition) is 3. The topological polar surface area (TPSA) is 50.7 Å². The lowest BCUT2D eigenvalue weighted by molar-refractivity contribution is -0.124. The molecule has 4 nitrogen and oxygen atoms in total. The van der Waals surface area contributed by atoms with Gasteiger partial charge in [0.15, 0.2) is 0 Å². The summed E-state index contributed by atoms with van der Waals surface area (Å²) in [5.74, 6) is -0.633. The third-order valence-electron chi connectivity index (χ3n) is 5.11. The third-order valence-corrected chi connectivity index (χ3v) is 5.30. The van der Waals surface area contributed by atoms with Gasteiger partial charge in [0.05, 0.1) is 6.04 Å². The number of carbonyl (C=O) groups excluding carboxylic acids is 1. The van der Waals surface area contributed by atoms with Crippen LogP contribution in [0.2, 0.25) is 0 Å². The lowest BCUT2D eigenvalue weighted by atomic mass is 9.99. The van der Waals surface area contributed by atoms with E-state index in [4.69, 9.17) is 16.3 Å². The van der Waals surface area contributed by atoms with Gasteiger partial charge in [-0.15, -0.1) is 0 Å². The molecule has 3 aromatic rings. The van der Waals surface area contributed by atoms with Gasteiger partial charge in [-0.05, 0) is 59.9 Å². The highest BCUT2D eigenvalue weighted by atomic mass is 35.5. The average molecular weight is 471 g/mol. The number of aliphatic imine (C=N–C) groups is 1. The molecule has 0 aliphatic rings.